The van der Waals surface area contributed by atoms with Crippen LogP contribution >= 0.6 is 0 Å². The molecule has 1 unspecified atom stereocenters. The first-order chi connectivity index (χ1) is 19.1. The van der Waals surface area contributed by atoms with Crippen molar-refractivity contribution in [3.63, 3.8) is 0 Å². The highest BCUT2D eigenvalue weighted by atomic mass is 16.5. The topological polar surface area (TPSA) is 92.2 Å². The Morgan fingerprint density at radius 1 is 1.10 bits per heavy atom. The average molecular weight is 525 g/mol. The molecule has 1 aliphatic heterocycles. The number of nitrogens with zero attached hydrogens (tertiary/aromatic N) is 3. The lowest BCUT2D eigenvalue weighted by atomic mass is 9.76. The number of hydrogen-bond acceptors (Lipinski definition) is 5. The molecule has 3 heterocycles. The molecule has 6 rings (SSSR count). The summed E-state index contributed by atoms with van der Waals surface area (Å²) in [5.41, 5.74) is 5.42. The molecule has 2 aliphatic rings. The molecule has 1 radical (unpaired) electrons. The number of para-hydroxylation sites is 2. The zero-order valence-electron chi connectivity index (χ0n) is 22.2. The van der Waals surface area contributed by atoms with Crippen LogP contribution in [0.5, 0.6) is 5.75 Å². The van der Waals surface area contributed by atoms with E-state index in [1.165, 1.54) is 11.1 Å². The normalized spacial score (nSPS) is 18.6. The van der Waals surface area contributed by atoms with Crippen LogP contribution in [0.15, 0.2) is 71.8 Å². The molecule has 1 saturated heterocycles. The van der Waals surface area contributed by atoms with Crippen molar-refractivity contribution in [3.8, 4) is 5.75 Å². The van der Waals surface area contributed by atoms with E-state index in [4.69, 9.17) is 4.74 Å². The van der Waals surface area contributed by atoms with Crippen LogP contribution in [0, 0.1) is 6.04 Å². The van der Waals surface area contributed by atoms with Crippen LogP contribution < -0.4 is 15.7 Å². The van der Waals surface area contributed by atoms with Gasteiger partial charge in [-0.2, -0.15) is 0 Å². The summed E-state index contributed by atoms with van der Waals surface area (Å²) >= 11 is 0. The number of benzene rings is 2. The fraction of sp³-hybridized carbons (Fsp3) is 0.355. The Labute approximate surface area is 228 Å². The van der Waals surface area contributed by atoms with E-state index in [9.17, 15) is 9.59 Å². The first-order valence-corrected chi connectivity index (χ1v) is 13.7. The molecule has 39 heavy (non-hydrogen) atoms. The van der Waals surface area contributed by atoms with Gasteiger partial charge in [-0.15, -0.1) is 0 Å². The van der Waals surface area contributed by atoms with Gasteiger partial charge in [0.2, 0.25) is 5.91 Å². The molecular formula is C31H34N5O3. The van der Waals surface area contributed by atoms with Gasteiger partial charge in [0.25, 0.3) is 0 Å². The highest BCUT2D eigenvalue weighted by Crippen LogP contribution is 2.40. The van der Waals surface area contributed by atoms with Crippen molar-refractivity contribution >= 4 is 16.9 Å². The van der Waals surface area contributed by atoms with Crippen molar-refractivity contribution in [2.75, 3.05) is 26.7 Å². The summed E-state index contributed by atoms with van der Waals surface area (Å²) in [6, 6.07) is 19.3. The van der Waals surface area contributed by atoms with E-state index in [1.807, 2.05) is 47.2 Å². The number of H-pyrrole nitrogens is 1. The quantitative estimate of drug-likeness (QED) is 0.382. The molecule has 2 aromatic heterocycles. The number of rotatable bonds is 7. The van der Waals surface area contributed by atoms with Gasteiger partial charge in [-0.25, -0.2) is 4.79 Å². The summed E-state index contributed by atoms with van der Waals surface area (Å²) < 4.78 is 7.34. The lowest BCUT2D eigenvalue weighted by molar-refractivity contribution is -0.122. The van der Waals surface area contributed by atoms with Crippen LogP contribution in [-0.4, -0.2) is 52.1 Å². The van der Waals surface area contributed by atoms with Crippen LogP contribution in [-0.2, 0) is 17.6 Å². The van der Waals surface area contributed by atoms with Gasteiger partial charge >= 0.3 is 5.69 Å². The number of carbonyl (C=O) groups is 1. The van der Waals surface area contributed by atoms with Gasteiger partial charge in [0.15, 0.2) is 0 Å². The number of likely N-dealkylation sites (tertiary alicyclic amines) is 1. The van der Waals surface area contributed by atoms with Gasteiger partial charge in [0.1, 0.15) is 5.75 Å². The fourth-order valence-electron chi connectivity index (χ4n) is 6.23. The second-order valence-corrected chi connectivity index (χ2v) is 10.6. The number of fused-ring (bicyclic) bond motifs is 2. The highest BCUT2D eigenvalue weighted by molar-refractivity contribution is 5.79. The summed E-state index contributed by atoms with van der Waals surface area (Å²) in [4.78, 5) is 35.3. The zero-order chi connectivity index (χ0) is 26.8. The highest BCUT2D eigenvalue weighted by Gasteiger charge is 2.33. The molecule has 0 spiro atoms. The average Bonchev–Trinajstić information content (AvgIpc) is 3.30. The number of carbonyl (C=O) groups excluding carboxylic acids is 1. The van der Waals surface area contributed by atoms with Gasteiger partial charge in [0, 0.05) is 37.4 Å². The number of aromatic nitrogens is 3. The molecule has 201 valence electrons. The van der Waals surface area contributed by atoms with Crippen LogP contribution in [0.4, 0.5) is 0 Å². The Morgan fingerprint density at radius 2 is 1.95 bits per heavy atom. The van der Waals surface area contributed by atoms with Crippen LogP contribution in [0.2, 0.25) is 0 Å². The molecule has 8 heteroatoms. The largest absolute Gasteiger partial charge is 0.497 e. The Bertz CT molecular complexity index is 1500. The standard InChI is InChI=1S/C31H34N5O3/c1-39-24-9-10-25-22(18-24)8-11-27(26(25)17-21-5-4-14-32-19-21)33-30(37)20-35-15-12-23(13-16-35)36-29-7-3-2-6-28(29)34-31(36)38/h2-7,9-10,14,18-19,23,26H,8,11-13,15-17,20H2,1H3,(H,33,37)(H,34,38). The minimum atomic E-state index is -0.0568. The Hall–Kier alpha value is -3.91. The molecule has 0 saturated carbocycles. The molecule has 1 fully saturated rings. The van der Waals surface area contributed by atoms with Gasteiger partial charge in [-0.3, -0.25) is 19.2 Å². The Balaban J connectivity index is 1.11. The summed E-state index contributed by atoms with van der Waals surface area (Å²) in [6.45, 7) is 1.91. The monoisotopic (exact) mass is 524 g/mol. The number of hydrogen-bond donors (Lipinski definition) is 2. The van der Waals surface area contributed by atoms with Crippen LogP contribution in [0.25, 0.3) is 11.0 Å². The van der Waals surface area contributed by atoms with E-state index in [0.29, 0.717) is 6.54 Å². The lowest BCUT2D eigenvalue weighted by Crippen LogP contribution is -2.45. The maximum Gasteiger partial charge on any atom is 0.326 e. The van der Waals surface area contributed by atoms with E-state index < -0.39 is 0 Å². The number of piperidine rings is 1. The molecule has 0 bridgehead atoms. The second-order valence-electron chi connectivity index (χ2n) is 10.6. The number of aromatic amines is 1. The predicted octanol–water partition coefficient (Wildman–Crippen LogP) is 3.99. The van der Waals surface area contributed by atoms with Crippen molar-refractivity contribution in [2.24, 2.45) is 0 Å². The minimum absolute atomic E-state index is 0.0286. The molecule has 1 atom stereocenters. The minimum Gasteiger partial charge on any atom is -0.497 e. The van der Waals surface area contributed by atoms with E-state index in [-0.39, 0.29) is 23.6 Å². The smallest absolute Gasteiger partial charge is 0.326 e. The maximum atomic E-state index is 13.3. The third kappa shape index (κ3) is 5.34. The predicted molar refractivity (Wildman–Crippen MR) is 151 cm³/mol. The lowest BCUT2D eigenvalue weighted by Gasteiger charge is -2.35. The number of imidazole rings is 1. The third-order valence-corrected chi connectivity index (χ3v) is 8.19. The molecule has 8 nitrogen and oxygen atoms in total. The first kappa shape index (κ1) is 25.4. The van der Waals surface area contributed by atoms with Crippen molar-refractivity contribution in [2.45, 2.75) is 44.1 Å². The molecular weight excluding hydrogens is 490 g/mol. The molecule has 1 aliphatic carbocycles. The number of pyridine rings is 1. The van der Waals surface area contributed by atoms with E-state index in [0.717, 1.165) is 73.6 Å². The van der Waals surface area contributed by atoms with E-state index >= 15 is 0 Å². The van der Waals surface area contributed by atoms with Gasteiger partial charge in [0.05, 0.1) is 30.7 Å². The number of ether oxygens (including phenoxy) is 1. The number of amides is 1. The summed E-state index contributed by atoms with van der Waals surface area (Å²) in [6.07, 6.45) is 7.83. The first-order valence-electron chi connectivity index (χ1n) is 13.7. The van der Waals surface area contributed by atoms with Crippen LogP contribution in [0.3, 0.4) is 0 Å². The van der Waals surface area contributed by atoms with Crippen molar-refractivity contribution in [1.29, 1.82) is 0 Å². The van der Waals surface area contributed by atoms with Gasteiger partial charge < -0.3 is 15.0 Å². The Kier molecular flexibility index (Phi) is 7.20. The van der Waals surface area contributed by atoms with E-state index in [1.54, 1.807) is 13.3 Å². The Morgan fingerprint density at radius 3 is 2.74 bits per heavy atom. The van der Waals surface area contributed by atoms with Gasteiger partial charge in [-0.05, 0) is 79.1 Å². The summed E-state index contributed by atoms with van der Waals surface area (Å²) in [5, 5.41) is 3.30. The summed E-state index contributed by atoms with van der Waals surface area (Å²) in [7, 11) is 1.69. The number of methoxy groups -OCH3 is 1. The van der Waals surface area contributed by atoms with Crippen molar-refractivity contribution in [1.82, 2.24) is 24.8 Å². The number of aryl methyl sites for hydroxylation is 1. The van der Waals surface area contributed by atoms with Crippen molar-refractivity contribution in [3.05, 3.63) is 100 Å². The SMILES string of the molecule is COc1ccc2c(c1)CC[C](NC(=O)CN1CCC(n3c(=O)[nH]c4ccccc43)CC1)C2Cc1cccnc1. The van der Waals surface area contributed by atoms with Crippen molar-refractivity contribution < 1.29 is 9.53 Å². The molecule has 4 aromatic rings. The zero-order valence-corrected chi connectivity index (χ0v) is 22.2. The molecule has 2 N–H and O–H groups in total. The second kappa shape index (κ2) is 11.1. The number of nitrogens with one attached hydrogen (secondary N) is 2. The van der Waals surface area contributed by atoms with Gasteiger partial charge in [-0.1, -0.05) is 24.3 Å². The molecule has 2 aromatic carbocycles. The molecule has 1 amide bonds. The third-order valence-electron chi connectivity index (χ3n) is 8.19. The maximum absolute atomic E-state index is 13.3. The van der Waals surface area contributed by atoms with E-state index in [2.05, 4.69) is 38.4 Å². The summed E-state index contributed by atoms with van der Waals surface area (Å²) in [5.74, 6) is 0.979. The van der Waals surface area contributed by atoms with Crippen LogP contribution in [0.1, 0.15) is 47.9 Å². The fourth-order valence-corrected chi connectivity index (χ4v) is 6.23.